The molecule has 18 heavy (non-hydrogen) atoms. The van der Waals surface area contributed by atoms with E-state index in [1.165, 1.54) is 0 Å². The van der Waals surface area contributed by atoms with Crippen molar-refractivity contribution in [2.24, 2.45) is 5.73 Å². The Kier molecular flexibility index (Phi) is 4.04. The van der Waals surface area contributed by atoms with Crippen molar-refractivity contribution in [2.75, 3.05) is 26.3 Å². The summed E-state index contributed by atoms with van der Waals surface area (Å²) in [4.78, 5) is 13.6. The van der Waals surface area contributed by atoms with Gasteiger partial charge in [0.25, 0.3) is 0 Å². The maximum atomic E-state index is 11.8. The highest BCUT2D eigenvalue weighted by Gasteiger charge is 2.35. The predicted octanol–water partition coefficient (Wildman–Crippen LogP) is 0.878. The number of nitrogens with two attached hydrogens (primary N) is 1. The molecule has 0 unspecified atom stereocenters. The Hall–Kier alpha value is -1.33. The first-order chi connectivity index (χ1) is 8.61. The van der Waals surface area contributed by atoms with Crippen LogP contribution in [0.25, 0.3) is 0 Å². The number of carbonyl (C=O) groups is 1. The summed E-state index contributed by atoms with van der Waals surface area (Å²) in [7, 11) is 0. The van der Waals surface area contributed by atoms with Crippen LogP contribution in [0.3, 0.4) is 0 Å². The van der Waals surface area contributed by atoms with Crippen LogP contribution in [0.5, 0.6) is 0 Å². The van der Waals surface area contributed by atoms with E-state index in [1.807, 2.05) is 26.0 Å². The highest BCUT2D eigenvalue weighted by molar-refractivity contribution is 5.78. The van der Waals surface area contributed by atoms with Gasteiger partial charge in [-0.15, -0.1) is 0 Å². The minimum Gasteiger partial charge on any atom is -0.466 e. The first kappa shape index (κ1) is 13.1. The number of carbonyl (C=O) groups excluding carboxylic acids is 1. The highest BCUT2D eigenvalue weighted by Crippen LogP contribution is 2.27. The monoisotopic (exact) mass is 252 g/mol. The molecule has 5 heteroatoms. The fourth-order valence-electron chi connectivity index (χ4n) is 2.27. The standard InChI is InChI=1S/C13H20N2O3/c1-3-17-8-13(16)15-6-10(11(14)7-15)12-5-4-9(2)18-12/h4-5,10-11H,3,6-8,14H2,1-2H3/t10-,11-/m0/s1. The third kappa shape index (κ3) is 2.73. The smallest absolute Gasteiger partial charge is 0.248 e. The molecule has 0 bridgehead atoms. The molecule has 0 radical (unpaired) electrons. The molecule has 0 aliphatic carbocycles. The lowest BCUT2D eigenvalue weighted by Gasteiger charge is -2.15. The lowest BCUT2D eigenvalue weighted by Crippen LogP contribution is -2.34. The number of nitrogens with zero attached hydrogens (tertiary/aromatic N) is 1. The molecule has 1 saturated heterocycles. The molecule has 0 aromatic carbocycles. The van der Waals surface area contributed by atoms with Crippen molar-refractivity contribution >= 4 is 5.91 Å². The maximum absolute atomic E-state index is 11.8. The molecule has 1 aromatic rings. The summed E-state index contributed by atoms with van der Waals surface area (Å²) in [6.45, 7) is 5.63. The van der Waals surface area contributed by atoms with Crippen LogP contribution in [-0.4, -0.2) is 43.2 Å². The molecule has 0 spiro atoms. The lowest BCUT2D eigenvalue weighted by molar-refractivity contribution is -0.134. The van der Waals surface area contributed by atoms with Crippen molar-refractivity contribution in [3.05, 3.63) is 23.7 Å². The topological polar surface area (TPSA) is 68.7 Å². The van der Waals surface area contributed by atoms with E-state index in [2.05, 4.69) is 0 Å². The van der Waals surface area contributed by atoms with Gasteiger partial charge in [0.2, 0.25) is 5.91 Å². The predicted molar refractivity (Wildman–Crippen MR) is 67.2 cm³/mol. The number of rotatable bonds is 4. The van der Waals surface area contributed by atoms with Crippen LogP contribution in [-0.2, 0) is 9.53 Å². The van der Waals surface area contributed by atoms with Gasteiger partial charge in [-0.3, -0.25) is 4.79 Å². The molecule has 1 aliphatic heterocycles. The second-order valence-corrected chi connectivity index (χ2v) is 4.65. The van der Waals surface area contributed by atoms with Gasteiger partial charge >= 0.3 is 0 Å². The summed E-state index contributed by atoms with van der Waals surface area (Å²) < 4.78 is 10.7. The minimum atomic E-state index is -0.0684. The Morgan fingerprint density at radius 1 is 1.56 bits per heavy atom. The van der Waals surface area contributed by atoms with Gasteiger partial charge < -0.3 is 19.8 Å². The zero-order valence-corrected chi connectivity index (χ0v) is 10.9. The van der Waals surface area contributed by atoms with E-state index in [-0.39, 0.29) is 24.5 Å². The van der Waals surface area contributed by atoms with Crippen molar-refractivity contribution in [1.82, 2.24) is 4.90 Å². The molecule has 2 rings (SSSR count). The Morgan fingerprint density at radius 3 is 2.94 bits per heavy atom. The van der Waals surface area contributed by atoms with E-state index in [1.54, 1.807) is 4.90 Å². The van der Waals surface area contributed by atoms with Crippen LogP contribution < -0.4 is 5.73 Å². The zero-order valence-electron chi connectivity index (χ0n) is 10.9. The molecular weight excluding hydrogens is 232 g/mol. The molecule has 0 saturated carbocycles. The van der Waals surface area contributed by atoms with Crippen LogP contribution in [0, 0.1) is 6.92 Å². The van der Waals surface area contributed by atoms with Crippen LogP contribution in [0.2, 0.25) is 0 Å². The van der Waals surface area contributed by atoms with E-state index in [0.717, 1.165) is 11.5 Å². The maximum Gasteiger partial charge on any atom is 0.248 e. The lowest BCUT2D eigenvalue weighted by atomic mass is 10.0. The molecule has 2 heterocycles. The van der Waals surface area contributed by atoms with Gasteiger partial charge in [-0.1, -0.05) is 0 Å². The van der Waals surface area contributed by atoms with Crippen LogP contribution in [0.15, 0.2) is 16.5 Å². The van der Waals surface area contributed by atoms with E-state index in [4.69, 9.17) is 14.9 Å². The van der Waals surface area contributed by atoms with E-state index >= 15 is 0 Å². The molecule has 1 fully saturated rings. The van der Waals surface area contributed by atoms with Crippen LogP contribution in [0.4, 0.5) is 0 Å². The number of ether oxygens (including phenoxy) is 1. The van der Waals surface area contributed by atoms with Gasteiger partial charge in [0, 0.05) is 25.7 Å². The van der Waals surface area contributed by atoms with Crippen molar-refractivity contribution in [3.8, 4) is 0 Å². The molecular formula is C13H20N2O3. The number of amides is 1. The van der Waals surface area contributed by atoms with Crippen LogP contribution in [0.1, 0.15) is 24.4 Å². The summed E-state index contributed by atoms with van der Waals surface area (Å²) in [5, 5.41) is 0. The first-order valence-corrected chi connectivity index (χ1v) is 6.29. The number of hydrogen-bond acceptors (Lipinski definition) is 4. The Bertz CT molecular complexity index is 416. The number of likely N-dealkylation sites (tertiary alicyclic amines) is 1. The SMILES string of the molecule is CCOCC(=O)N1C[C@H](c2ccc(C)o2)[C@@H](N)C1. The Morgan fingerprint density at radius 2 is 2.33 bits per heavy atom. The molecule has 2 N–H and O–H groups in total. The molecule has 1 aromatic heterocycles. The van der Waals surface area contributed by atoms with Gasteiger partial charge in [-0.25, -0.2) is 0 Å². The second-order valence-electron chi connectivity index (χ2n) is 4.65. The van der Waals surface area contributed by atoms with Crippen molar-refractivity contribution in [3.63, 3.8) is 0 Å². The van der Waals surface area contributed by atoms with Gasteiger partial charge in [0.1, 0.15) is 18.1 Å². The number of aryl methyl sites for hydroxylation is 1. The largest absolute Gasteiger partial charge is 0.466 e. The summed E-state index contributed by atoms with van der Waals surface area (Å²) in [6, 6.07) is 3.80. The van der Waals surface area contributed by atoms with Crippen molar-refractivity contribution < 1.29 is 13.9 Å². The minimum absolute atomic E-state index is 0.00178. The third-order valence-electron chi connectivity index (χ3n) is 3.27. The average molecular weight is 252 g/mol. The van der Waals surface area contributed by atoms with E-state index in [9.17, 15) is 4.79 Å². The first-order valence-electron chi connectivity index (χ1n) is 6.29. The summed E-state index contributed by atoms with van der Waals surface area (Å²) in [5.41, 5.74) is 6.08. The number of furan rings is 1. The van der Waals surface area contributed by atoms with Crippen molar-refractivity contribution in [1.29, 1.82) is 0 Å². The van der Waals surface area contributed by atoms with Gasteiger partial charge in [-0.05, 0) is 26.0 Å². The third-order valence-corrected chi connectivity index (χ3v) is 3.27. The fourth-order valence-corrected chi connectivity index (χ4v) is 2.27. The molecule has 1 amide bonds. The zero-order chi connectivity index (χ0) is 13.1. The van der Waals surface area contributed by atoms with E-state index < -0.39 is 0 Å². The summed E-state index contributed by atoms with van der Waals surface area (Å²) >= 11 is 0. The molecule has 100 valence electrons. The Balaban J connectivity index is 1.98. The van der Waals surface area contributed by atoms with Gasteiger partial charge in [0.05, 0.1) is 5.92 Å². The molecule has 5 nitrogen and oxygen atoms in total. The molecule has 1 aliphatic rings. The summed E-state index contributed by atoms with van der Waals surface area (Å²) in [5.74, 6) is 1.82. The average Bonchev–Trinajstić information content (AvgIpc) is 2.92. The quantitative estimate of drug-likeness (QED) is 0.863. The fraction of sp³-hybridized carbons (Fsp3) is 0.615. The van der Waals surface area contributed by atoms with Crippen molar-refractivity contribution in [2.45, 2.75) is 25.8 Å². The highest BCUT2D eigenvalue weighted by atomic mass is 16.5. The normalized spacial score (nSPS) is 23.6. The van der Waals surface area contributed by atoms with Crippen LogP contribution >= 0.6 is 0 Å². The Labute approximate surface area is 107 Å². The van der Waals surface area contributed by atoms with E-state index in [0.29, 0.717) is 19.7 Å². The van der Waals surface area contributed by atoms with Gasteiger partial charge in [-0.2, -0.15) is 0 Å². The number of hydrogen-bond donors (Lipinski definition) is 1. The summed E-state index contributed by atoms with van der Waals surface area (Å²) in [6.07, 6.45) is 0. The van der Waals surface area contributed by atoms with Gasteiger partial charge in [0.15, 0.2) is 0 Å². The second kappa shape index (κ2) is 5.54. The molecule has 2 atom stereocenters.